The first-order valence-electron chi connectivity index (χ1n) is 4.86. The molecule has 0 bridgehead atoms. The molecule has 0 unspecified atom stereocenters. The van der Waals surface area contributed by atoms with Crippen LogP contribution in [0.1, 0.15) is 25.7 Å². The van der Waals surface area contributed by atoms with Gasteiger partial charge < -0.3 is 4.42 Å². The molecule has 0 spiro atoms. The van der Waals surface area contributed by atoms with Gasteiger partial charge in [-0.05, 0) is 12.1 Å². The summed E-state index contributed by atoms with van der Waals surface area (Å²) in [5, 5.41) is 7.50. The van der Waals surface area contributed by atoms with Crippen LogP contribution in [0.25, 0.3) is 11.5 Å². The fourth-order valence-electron chi connectivity index (χ4n) is 1.24. The van der Waals surface area contributed by atoms with Gasteiger partial charge in [0, 0.05) is 12.0 Å². The Bertz CT molecular complexity index is 508. The van der Waals surface area contributed by atoms with Crippen molar-refractivity contribution in [3.63, 3.8) is 0 Å². The largest absolute Gasteiger partial charge is 0.420 e. The van der Waals surface area contributed by atoms with Gasteiger partial charge in [0.15, 0.2) is 0 Å². The highest BCUT2D eigenvalue weighted by atomic mass is 19.1. The summed E-state index contributed by atoms with van der Waals surface area (Å²) in [6.07, 6.45) is 0. The van der Waals surface area contributed by atoms with Crippen molar-refractivity contribution >= 4 is 0 Å². The first-order chi connectivity index (χ1) is 7.58. The first kappa shape index (κ1) is 10.7. The molecule has 5 heteroatoms. The number of halogens is 2. The molecule has 84 valence electrons. The van der Waals surface area contributed by atoms with Gasteiger partial charge in [0.05, 0.1) is 5.56 Å². The number of hydrogen-bond donors (Lipinski definition) is 0. The zero-order chi connectivity index (χ0) is 11.7. The van der Waals surface area contributed by atoms with Crippen LogP contribution in [0.4, 0.5) is 8.78 Å². The second-order valence-electron chi connectivity index (χ2n) is 3.72. The van der Waals surface area contributed by atoms with Crippen LogP contribution in [-0.4, -0.2) is 10.2 Å². The fourth-order valence-corrected chi connectivity index (χ4v) is 1.24. The smallest absolute Gasteiger partial charge is 0.250 e. The summed E-state index contributed by atoms with van der Waals surface area (Å²) in [5.74, 6) is -0.770. The van der Waals surface area contributed by atoms with Crippen LogP contribution in [0.5, 0.6) is 0 Å². The minimum Gasteiger partial charge on any atom is -0.420 e. The molecule has 0 radical (unpaired) electrons. The highest BCUT2D eigenvalue weighted by Crippen LogP contribution is 2.24. The van der Waals surface area contributed by atoms with Crippen molar-refractivity contribution in [2.45, 2.75) is 19.8 Å². The average Bonchev–Trinajstić information content (AvgIpc) is 2.66. The van der Waals surface area contributed by atoms with Gasteiger partial charge in [0.2, 0.25) is 5.89 Å². The molecule has 0 saturated heterocycles. The van der Waals surface area contributed by atoms with Gasteiger partial charge in [-0.15, -0.1) is 10.2 Å². The third-order valence-electron chi connectivity index (χ3n) is 2.10. The van der Waals surface area contributed by atoms with E-state index in [2.05, 4.69) is 10.2 Å². The first-order valence-corrected chi connectivity index (χ1v) is 4.86. The fraction of sp³-hybridized carbons (Fsp3) is 0.273. The Morgan fingerprint density at radius 2 is 1.94 bits per heavy atom. The monoisotopic (exact) mass is 224 g/mol. The Morgan fingerprint density at radius 3 is 2.50 bits per heavy atom. The molecule has 1 aromatic carbocycles. The minimum absolute atomic E-state index is 0.0706. The van der Waals surface area contributed by atoms with Gasteiger partial charge in [0.25, 0.3) is 5.89 Å². The van der Waals surface area contributed by atoms with Gasteiger partial charge in [0.1, 0.15) is 11.6 Å². The van der Waals surface area contributed by atoms with E-state index in [4.69, 9.17) is 4.42 Å². The third kappa shape index (κ3) is 1.93. The quantitative estimate of drug-likeness (QED) is 0.786. The summed E-state index contributed by atoms with van der Waals surface area (Å²) < 4.78 is 31.3. The van der Waals surface area contributed by atoms with Crippen molar-refractivity contribution in [3.05, 3.63) is 35.7 Å². The topological polar surface area (TPSA) is 38.9 Å². The normalized spacial score (nSPS) is 11.1. The van der Waals surface area contributed by atoms with Crippen molar-refractivity contribution < 1.29 is 13.2 Å². The zero-order valence-corrected chi connectivity index (χ0v) is 8.87. The third-order valence-corrected chi connectivity index (χ3v) is 2.10. The SMILES string of the molecule is CC(C)c1nnc(-c2ccc(F)cc2F)o1. The van der Waals surface area contributed by atoms with E-state index in [1.54, 1.807) is 0 Å². The second kappa shape index (κ2) is 4.00. The Kier molecular flexibility index (Phi) is 2.68. The maximum atomic E-state index is 13.4. The number of hydrogen-bond acceptors (Lipinski definition) is 3. The molecule has 0 saturated carbocycles. The van der Waals surface area contributed by atoms with Crippen molar-refractivity contribution in [1.29, 1.82) is 0 Å². The Hall–Kier alpha value is -1.78. The highest BCUT2D eigenvalue weighted by molar-refractivity contribution is 5.53. The van der Waals surface area contributed by atoms with Gasteiger partial charge in [-0.2, -0.15) is 0 Å². The van der Waals surface area contributed by atoms with Crippen LogP contribution < -0.4 is 0 Å². The van der Waals surface area contributed by atoms with E-state index in [0.29, 0.717) is 5.89 Å². The standard InChI is InChI=1S/C11H10F2N2O/c1-6(2)10-14-15-11(16-10)8-4-3-7(12)5-9(8)13/h3-6H,1-2H3. The molecule has 16 heavy (non-hydrogen) atoms. The van der Waals surface area contributed by atoms with E-state index < -0.39 is 11.6 Å². The summed E-state index contributed by atoms with van der Waals surface area (Å²) in [6.45, 7) is 3.77. The number of rotatable bonds is 2. The maximum absolute atomic E-state index is 13.4. The molecule has 2 aromatic rings. The molecule has 0 aliphatic carbocycles. The van der Waals surface area contributed by atoms with Crippen LogP contribution >= 0.6 is 0 Å². The van der Waals surface area contributed by atoms with Crippen LogP contribution in [-0.2, 0) is 0 Å². The molecule has 2 rings (SSSR count). The van der Waals surface area contributed by atoms with Gasteiger partial charge in [-0.3, -0.25) is 0 Å². The van der Waals surface area contributed by atoms with Crippen molar-refractivity contribution in [1.82, 2.24) is 10.2 Å². The lowest BCUT2D eigenvalue weighted by molar-refractivity contribution is 0.477. The molecule has 0 aliphatic rings. The van der Waals surface area contributed by atoms with Crippen molar-refractivity contribution in [3.8, 4) is 11.5 Å². The Balaban J connectivity index is 2.42. The lowest BCUT2D eigenvalue weighted by Crippen LogP contribution is -1.86. The van der Waals surface area contributed by atoms with Crippen LogP contribution in [0, 0.1) is 11.6 Å². The molecule has 0 amide bonds. The van der Waals surface area contributed by atoms with Gasteiger partial charge in [-0.25, -0.2) is 8.78 Å². The van der Waals surface area contributed by atoms with Crippen molar-refractivity contribution in [2.24, 2.45) is 0 Å². The second-order valence-corrected chi connectivity index (χ2v) is 3.72. The summed E-state index contributed by atoms with van der Waals surface area (Å²) in [4.78, 5) is 0. The Labute approximate surface area is 91.1 Å². The summed E-state index contributed by atoms with van der Waals surface area (Å²) >= 11 is 0. The lowest BCUT2D eigenvalue weighted by atomic mass is 10.2. The summed E-state index contributed by atoms with van der Waals surface area (Å²) in [5.41, 5.74) is 0.112. The lowest BCUT2D eigenvalue weighted by Gasteiger charge is -1.98. The molecule has 1 heterocycles. The minimum atomic E-state index is -0.709. The molecule has 1 aromatic heterocycles. The highest BCUT2D eigenvalue weighted by Gasteiger charge is 2.14. The zero-order valence-electron chi connectivity index (χ0n) is 8.87. The summed E-state index contributed by atoms with van der Waals surface area (Å²) in [7, 11) is 0. The Morgan fingerprint density at radius 1 is 1.19 bits per heavy atom. The van der Waals surface area contributed by atoms with E-state index >= 15 is 0 Å². The van der Waals surface area contributed by atoms with Gasteiger partial charge in [-0.1, -0.05) is 13.8 Å². The van der Waals surface area contributed by atoms with Crippen LogP contribution in [0.2, 0.25) is 0 Å². The average molecular weight is 224 g/mol. The molecule has 3 nitrogen and oxygen atoms in total. The molecule has 0 N–H and O–H groups in total. The number of benzene rings is 1. The molecule has 0 aliphatic heterocycles. The van der Waals surface area contributed by atoms with Crippen LogP contribution in [0.15, 0.2) is 22.6 Å². The van der Waals surface area contributed by atoms with E-state index in [9.17, 15) is 8.78 Å². The van der Waals surface area contributed by atoms with E-state index in [0.717, 1.165) is 12.1 Å². The molecule has 0 atom stereocenters. The number of nitrogens with zero attached hydrogens (tertiary/aromatic N) is 2. The predicted octanol–water partition coefficient (Wildman–Crippen LogP) is 3.14. The summed E-state index contributed by atoms with van der Waals surface area (Å²) in [6, 6.07) is 3.22. The maximum Gasteiger partial charge on any atom is 0.250 e. The molecular formula is C11H10F2N2O. The van der Waals surface area contributed by atoms with E-state index in [-0.39, 0.29) is 17.4 Å². The van der Waals surface area contributed by atoms with Gasteiger partial charge >= 0.3 is 0 Å². The predicted molar refractivity (Wildman–Crippen MR) is 53.7 cm³/mol. The number of aromatic nitrogens is 2. The van der Waals surface area contributed by atoms with E-state index in [1.807, 2.05) is 13.8 Å². The molecular weight excluding hydrogens is 214 g/mol. The van der Waals surface area contributed by atoms with Crippen molar-refractivity contribution in [2.75, 3.05) is 0 Å². The van der Waals surface area contributed by atoms with E-state index in [1.165, 1.54) is 6.07 Å². The molecule has 0 fully saturated rings. The van der Waals surface area contributed by atoms with Crippen LogP contribution in [0.3, 0.4) is 0 Å².